The lowest BCUT2D eigenvalue weighted by Gasteiger charge is -2.25. The third-order valence-corrected chi connectivity index (χ3v) is 28.4. The summed E-state index contributed by atoms with van der Waals surface area (Å²) in [5.41, 5.74) is 61.4. The summed E-state index contributed by atoms with van der Waals surface area (Å²) in [6.45, 7) is 55.1. The number of aromatic nitrogens is 2. The first-order valence-corrected chi connectivity index (χ1v) is 46.2. The molecule has 628 valence electrons. The molecule has 2 aromatic heterocycles. The van der Waals surface area contributed by atoms with E-state index in [1.165, 1.54) is 243 Å². The van der Waals surface area contributed by atoms with Gasteiger partial charge in [-0.2, -0.15) is 0 Å². The molecule has 0 N–H and O–H groups in total. The molecule has 16 aromatic carbocycles. The Morgan fingerprint density at radius 1 is 0.164 bits per heavy atom. The summed E-state index contributed by atoms with van der Waals surface area (Å²) in [4.78, 5) is 0. The molecule has 18 aromatic rings. The Kier molecular flexibility index (Phi) is 22.8. The van der Waals surface area contributed by atoms with E-state index in [0.717, 1.165) is 44.8 Å². The van der Waals surface area contributed by atoms with Gasteiger partial charge in [0.1, 0.15) is 0 Å². The number of aryl methyl sites for hydroxylation is 24. The smallest absolute Gasteiger partial charge is 0.242 e. The number of rotatable bonds is 18. The first-order valence-electron chi connectivity index (χ1n) is 46.2. The molecule has 0 radical (unpaired) electrons. The zero-order chi connectivity index (χ0) is 90.0. The molecule has 6 heteroatoms. The molecule has 0 fully saturated rings. The van der Waals surface area contributed by atoms with Crippen molar-refractivity contribution < 1.29 is 0 Å². The molecule has 0 aliphatic heterocycles. The summed E-state index contributed by atoms with van der Waals surface area (Å²) < 4.78 is 5.10. The van der Waals surface area contributed by atoms with E-state index in [1.54, 1.807) is 0 Å². The number of fused-ring (bicyclic) bond motifs is 6. The van der Waals surface area contributed by atoms with Gasteiger partial charge in [-0.25, -0.2) is 0 Å². The van der Waals surface area contributed by atoms with Crippen LogP contribution in [0.25, 0.3) is 66.1 Å². The lowest BCUT2D eigenvalue weighted by atomic mass is 9.34. The molecule has 0 aliphatic carbocycles. The van der Waals surface area contributed by atoms with Gasteiger partial charge in [0.05, 0.1) is 22.1 Å². The SMILES string of the molecule is Cc1cc(C)c(B(c2ccc3c(c2)c2cc(B(c4c(C)cc(C)cc4C)c4c(C)cc(C)cc4C)ccc2n3-c2ccc(/C(=C(\c3ccccc3)c3ccc(-n4c5ccc(B(c6c(C)cc(C)cc6C)c6c(C)cc(C)cc6C)cc5c5cc(B(c6c(C)cc(C)cc6C)c6c(C)cc(C)cc6C)ccc54)cc3)c3ccccc3)cc2)c2c(C)cc(C)cc2C)c(C)c1. The summed E-state index contributed by atoms with van der Waals surface area (Å²) in [7, 11) is 0. The van der Waals surface area contributed by atoms with Gasteiger partial charge < -0.3 is 9.13 Å². The fourth-order valence-corrected chi connectivity index (χ4v) is 24.1. The van der Waals surface area contributed by atoms with Gasteiger partial charge in [-0.1, -0.05) is 430 Å². The lowest BCUT2D eigenvalue weighted by molar-refractivity contribution is 1.18. The van der Waals surface area contributed by atoms with Gasteiger partial charge in [0, 0.05) is 32.9 Å². The Hall–Kier alpha value is -12.9. The maximum absolute atomic E-state index is 2.57. The minimum atomic E-state index is -0.00816. The molecule has 0 saturated heterocycles. The van der Waals surface area contributed by atoms with E-state index in [4.69, 9.17) is 0 Å². The van der Waals surface area contributed by atoms with Crippen LogP contribution in [0.1, 0.15) is 156 Å². The Bertz CT molecular complexity index is 6360. The third kappa shape index (κ3) is 15.5. The van der Waals surface area contributed by atoms with Crippen LogP contribution in [0.3, 0.4) is 0 Å². The fraction of sp³-hybridized carbons (Fsp3) is 0.197. The van der Waals surface area contributed by atoms with Gasteiger partial charge in [-0.3, -0.25) is 0 Å². The normalized spacial score (nSPS) is 11.9. The fourth-order valence-electron chi connectivity index (χ4n) is 24.1. The van der Waals surface area contributed by atoms with Crippen LogP contribution in [-0.4, -0.2) is 36.0 Å². The second-order valence-electron chi connectivity index (χ2n) is 38.6. The molecule has 18 rings (SSSR count). The first kappa shape index (κ1) is 85.9. The van der Waals surface area contributed by atoms with E-state index in [1.807, 2.05) is 0 Å². The zero-order valence-electron chi connectivity index (χ0n) is 79.8. The molecule has 128 heavy (non-hydrogen) atoms. The van der Waals surface area contributed by atoms with E-state index in [2.05, 4.69) is 454 Å². The van der Waals surface area contributed by atoms with Gasteiger partial charge in [-0.15, -0.1) is 0 Å². The van der Waals surface area contributed by atoms with Crippen LogP contribution >= 0.6 is 0 Å². The van der Waals surface area contributed by atoms with Crippen molar-refractivity contribution >= 4 is 147 Å². The third-order valence-electron chi connectivity index (χ3n) is 28.4. The summed E-state index contributed by atoms with van der Waals surface area (Å²) in [6.07, 6.45) is 0. The molecule has 2 nitrogen and oxygen atoms in total. The molecule has 0 spiro atoms. The average molecular weight is 1660 g/mol. The van der Waals surface area contributed by atoms with Crippen molar-refractivity contribution in [2.45, 2.75) is 166 Å². The van der Waals surface area contributed by atoms with Crippen molar-refractivity contribution in [2.24, 2.45) is 0 Å². The van der Waals surface area contributed by atoms with Crippen molar-refractivity contribution in [3.8, 4) is 11.4 Å². The predicted molar refractivity (Wildman–Crippen MR) is 563 cm³/mol. The van der Waals surface area contributed by atoms with Gasteiger partial charge in [-0.05, 0) is 248 Å². The van der Waals surface area contributed by atoms with Crippen LogP contribution in [0.15, 0.2) is 279 Å². The van der Waals surface area contributed by atoms with E-state index < -0.39 is 0 Å². The van der Waals surface area contributed by atoms with Crippen molar-refractivity contribution in [3.05, 3.63) is 435 Å². The molecular formula is C122H118B4N2. The Balaban J connectivity index is 0.837. The number of nitrogens with zero attached hydrogens (tertiary/aromatic N) is 2. The van der Waals surface area contributed by atoms with Crippen LogP contribution in [0.5, 0.6) is 0 Å². The molecule has 0 bridgehead atoms. The summed E-state index contributed by atoms with van der Waals surface area (Å²) in [5, 5.41) is 4.95. The summed E-state index contributed by atoms with van der Waals surface area (Å²) in [6, 6.07) is 109. The van der Waals surface area contributed by atoms with Crippen molar-refractivity contribution in [2.75, 3.05) is 0 Å². The topological polar surface area (TPSA) is 9.86 Å². The predicted octanol–water partition coefficient (Wildman–Crippen LogP) is 22.4. The number of hydrogen-bond donors (Lipinski definition) is 0. The maximum atomic E-state index is 2.57. The monoisotopic (exact) mass is 1650 g/mol. The Morgan fingerprint density at radius 3 is 0.484 bits per heavy atom. The molecule has 0 unspecified atom stereocenters. The van der Waals surface area contributed by atoms with E-state index >= 15 is 0 Å². The van der Waals surface area contributed by atoms with Crippen molar-refractivity contribution in [3.63, 3.8) is 0 Å². The minimum Gasteiger partial charge on any atom is -0.309 e. The zero-order valence-corrected chi connectivity index (χ0v) is 79.8. The summed E-state index contributed by atoms with van der Waals surface area (Å²) in [5.74, 6) is 0. The van der Waals surface area contributed by atoms with Gasteiger partial charge in [0.25, 0.3) is 0 Å². The molecular weight excluding hydrogens is 1540 g/mol. The Morgan fingerprint density at radius 2 is 0.320 bits per heavy atom. The van der Waals surface area contributed by atoms with Crippen molar-refractivity contribution in [1.82, 2.24) is 9.13 Å². The van der Waals surface area contributed by atoms with E-state index in [-0.39, 0.29) is 26.9 Å². The van der Waals surface area contributed by atoms with Gasteiger partial charge >= 0.3 is 0 Å². The molecule has 0 amide bonds. The second-order valence-corrected chi connectivity index (χ2v) is 38.6. The largest absolute Gasteiger partial charge is 0.309 e. The minimum absolute atomic E-state index is 0.00816. The molecule has 0 atom stereocenters. The van der Waals surface area contributed by atoms with Crippen LogP contribution in [0.4, 0.5) is 0 Å². The highest BCUT2D eigenvalue weighted by molar-refractivity contribution is 6.99. The second kappa shape index (κ2) is 34.0. The Labute approximate surface area is 763 Å². The van der Waals surface area contributed by atoms with E-state index in [0.29, 0.717) is 0 Å². The highest BCUT2D eigenvalue weighted by Crippen LogP contribution is 2.41. The van der Waals surface area contributed by atoms with Crippen LogP contribution in [-0.2, 0) is 0 Å². The first-order chi connectivity index (χ1) is 61.4. The number of benzene rings is 16. The van der Waals surface area contributed by atoms with Gasteiger partial charge in [0.2, 0.25) is 26.9 Å². The maximum Gasteiger partial charge on any atom is 0.242 e. The van der Waals surface area contributed by atoms with Gasteiger partial charge in [0.15, 0.2) is 0 Å². The van der Waals surface area contributed by atoms with Crippen molar-refractivity contribution in [1.29, 1.82) is 0 Å². The molecule has 2 heterocycles. The van der Waals surface area contributed by atoms with Crippen LogP contribution < -0.4 is 65.6 Å². The average Bonchev–Trinajstić information content (AvgIpc) is 1.57. The molecule has 0 saturated carbocycles. The molecule has 0 aliphatic rings. The highest BCUT2D eigenvalue weighted by atomic mass is 15.0. The van der Waals surface area contributed by atoms with Crippen LogP contribution in [0.2, 0.25) is 0 Å². The standard InChI is InChI=1S/C122H118B4N2/c1-71-51-79(9)115(80(10)52-71)123(116-81(11)53-72(2)54-82(116)12)99-39-47-109-105(67-99)106-68-100(124(117-83(13)55-73(3)56-84(117)14)118-85(15)57-74(4)58-86(118)16)40-48-110(106)127(109)103-43-35-97(36-44-103)113(95-31-27-25-28-32-95)114(96-33-29-26-30-34-96)98-37-45-104(46-38-98)128-111-49-41-101(125(119-87(17)59-75(5)60-88(119)18)120-89(19)61-76(6)62-90(120)20)69-107(111)108-70-102(42-50-112(108)128)126(121-91(21)63-77(7)64-92(121)22)122-93(23)65-78(8)66-94(122)24/h25-70H,1-24H3/b114-113+. The highest BCUT2D eigenvalue weighted by Gasteiger charge is 2.36. The quantitative estimate of drug-likeness (QED) is 0.0599. The van der Waals surface area contributed by atoms with E-state index in [9.17, 15) is 0 Å². The number of hydrogen-bond acceptors (Lipinski definition) is 0. The lowest BCUT2D eigenvalue weighted by Crippen LogP contribution is -2.56. The summed E-state index contributed by atoms with van der Waals surface area (Å²) >= 11 is 0. The van der Waals surface area contributed by atoms with Crippen LogP contribution in [0, 0.1) is 166 Å².